The third-order valence-electron chi connectivity index (χ3n) is 5.07. The average Bonchev–Trinajstić information content (AvgIpc) is 2.73. The van der Waals surface area contributed by atoms with Gasteiger partial charge in [0.2, 0.25) is 0 Å². The van der Waals surface area contributed by atoms with Crippen molar-refractivity contribution in [1.29, 1.82) is 0 Å². The van der Waals surface area contributed by atoms with Crippen LogP contribution in [0.2, 0.25) is 0 Å². The van der Waals surface area contributed by atoms with Crippen LogP contribution in [-0.2, 0) is 0 Å². The number of likely N-dealkylation sites (tertiary alicyclic amines) is 1. The summed E-state index contributed by atoms with van der Waals surface area (Å²) in [5.41, 5.74) is 1.30. The summed E-state index contributed by atoms with van der Waals surface area (Å²) >= 11 is 0.526. The third-order valence-corrected chi connectivity index (χ3v) is 7.98. The van der Waals surface area contributed by atoms with Gasteiger partial charge < -0.3 is 0 Å². The van der Waals surface area contributed by atoms with Crippen molar-refractivity contribution in [3.8, 4) is 5.75 Å². The molecule has 1 aromatic rings. The number of nitrogens with zero attached hydrogens (tertiary/aromatic N) is 1. The van der Waals surface area contributed by atoms with Gasteiger partial charge in [0.15, 0.2) is 0 Å². The molecule has 2 aliphatic heterocycles. The van der Waals surface area contributed by atoms with Crippen LogP contribution in [0, 0.1) is 12.8 Å². The molecule has 3 unspecified atom stereocenters. The first-order chi connectivity index (χ1) is 10.7. The molecule has 3 rings (SSSR count). The standard InChI is InChI=1S/C19H29INO/c1-15-5-7-19(8-6-15)22-14-17-12-16(2)21(13-17)18-4-3-10-20-11-9-18/h5-8,16-18H,3-4,9-14H2,1-2H3/q-1. The summed E-state index contributed by atoms with van der Waals surface area (Å²) in [7, 11) is 0. The van der Waals surface area contributed by atoms with Crippen molar-refractivity contribution in [1.82, 2.24) is 4.90 Å². The Kier molecular flexibility index (Phi) is 6.02. The van der Waals surface area contributed by atoms with E-state index in [2.05, 4.69) is 43.0 Å². The van der Waals surface area contributed by atoms with E-state index in [1.807, 2.05) is 0 Å². The molecular weight excluding hydrogens is 385 g/mol. The molecule has 2 fully saturated rings. The van der Waals surface area contributed by atoms with Crippen molar-refractivity contribution < 1.29 is 25.9 Å². The Hall–Kier alpha value is -0.290. The summed E-state index contributed by atoms with van der Waals surface area (Å²) in [6, 6.07) is 10.1. The van der Waals surface area contributed by atoms with Crippen LogP contribution >= 0.6 is 0 Å². The summed E-state index contributed by atoms with van der Waals surface area (Å²) in [4.78, 5) is 2.80. The maximum absolute atomic E-state index is 6.03. The fraction of sp³-hybridized carbons (Fsp3) is 0.684. The summed E-state index contributed by atoms with van der Waals surface area (Å²) < 4.78 is 9.12. The molecule has 1 aromatic carbocycles. The van der Waals surface area contributed by atoms with Crippen molar-refractivity contribution in [3.63, 3.8) is 0 Å². The van der Waals surface area contributed by atoms with Crippen LogP contribution in [0.25, 0.3) is 0 Å². The molecule has 0 bridgehead atoms. The summed E-state index contributed by atoms with van der Waals surface area (Å²) in [6.45, 7) is 6.67. The Morgan fingerprint density at radius 3 is 2.82 bits per heavy atom. The van der Waals surface area contributed by atoms with Gasteiger partial charge in [-0.25, -0.2) is 0 Å². The van der Waals surface area contributed by atoms with Crippen LogP contribution < -0.4 is 25.9 Å². The Morgan fingerprint density at radius 2 is 2.00 bits per heavy atom. The molecule has 2 heterocycles. The second kappa shape index (κ2) is 8.00. The summed E-state index contributed by atoms with van der Waals surface area (Å²) in [5.74, 6) is 1.73. The molecule has 2 saturated heterocycles. The van der Waals surface area contributed by atoms with Gasteiger partial charge in [-0.05, 0) is 6.92 Å². The topological polar surface area (TPSA) is 12.5 Å². The molecular formula is C19H29INO-. The Balaban J connectivity index is 1.50. The molecule has 0 N–H and O–H groups in total. The van der Waals surface area contributed by atoms with Gasteiger partial charge in [-0.1, -0.05) is 0 Å². The van der Waals surface area contributed by atoms with E-state index >= 15 is 0 Å². The zero-order valence-corrected chi connectivity index (χ0v) is 16.1. The zero-order valence-electron chi connectivity index (χ0n) is 13.9. The normalized spacial score (nSPS) is 30.5. The molecule has 0 aromatic heterocycles. The van der Waals surface area contributed by atoms with Gasteiger partial charge in [0, 0.05) is 0 Å². The van der Waals surface area contributed by atoms with Gasteiger partial charge in [0.05, 0.1) is 0 Å². The van der Waals surface area contributed by atoms with Crippen molar-refractivity contribution in [3.05, 3.63) is 29.8 Å². The molecule has 0 aliphatic carbocycles. The molecule has 0 amide bonds. The molecule has 124 valence electrons. The molecule has 3 atom stereocenters. The van der Waals surface area contributed by atoms with Crippen LogP contribution in [0.1, 0.15) is 38.2 Å². The van der Waals surface area contributed by atoms with Crippen LogP contribution in [0.15, 0.2) is 24.3 Å². The molecule has 2 nitrogen and oxygen atoms in total. The van der Waals surface area contributed by atoms with Crippen molar-refractivity contribution in [2.45, 2.75) is 51.6 Å². The summed E-state index contributed by atoms with van der Waals surface area (Å²) in [5, 5.41) is 0. The van der Waals surface area contributed by atoms with E-state index in [9.17, 15) is 0 Å². The monoisotopic (exact) mass is 414 g/mol. The first kappa shape index (κ1) is 16.6. The van der Waals surface area contributed by atoms with Crippen LogP contribution in [-0.4, -0.2) is 39.0 Å². The van der Waals surface area contributed by atoms with Gasteiger partial charge in [-0.15, -0.1) is 0 Å². The van der Waals surface area contributed by atoms with Gasteiger partial charge in [-0.3, -0.25) is 0 Å². The number of hydrogen-bond acceptors (Lipinski definition) is 2. The second-order valence-electron chi connectivity index (χ2n) is 6.92. The quantitative estimate of drug-likeness (QED) is 0.532. The first-order valence-corrected chi connectivity index (χ1v) is 11.8. The van der Waals surface area contributed by atoms with Crippen molar-refractivity contribution >= 4 is 0 Å². The van der Waals surface area contributed by atoms with E-state index in [1.165, 1.54) is 42.2 Å². The van der Waals surface area contributed by atoms with E-state index in [0.717, 1.165) is 24.4 Å². The molecule has 0 radical (unpaired) electrons. The number of aryl methyl sites for hydroxylation is 1. The van der Waals surface area contributed by atoms with Crippen LogP contribution in [0.3, 0.4) is 0 Å². The molecule has 2 aliphatic rings. The number of benzene rings is 1. The Labute approximate surface area is 145 Å². The zero-order chi connectivity index (χ0) is 15.4. The van der Waals surface area contributed by atoms with Gasteiger partial charge in [0.1, 0.15) is 0 Å². The average molecular weight is 414 g/mol. The van der Waals surface area contributed by atoms with E-state index in [1.54, 1.807) is 4.43 Å². The van der Waals surface area contributed by atoms with E-state index < -0.39 is 0 Å². The van der Waals surface area contributed by atoms with E-state index in [-0.39, 0.29) is 0 Å². The fourth-order valence-corrected chi connectivity index (χ4v) is 6.51. The number of rotatable bonds is 4. The Bertz CT molecular complexity index is 453. The van der Waals surface area contributed by atoms with Crippen LogP contribution in [0.5, 0.6) is 5.75 Å². The molecule has 22 heavy (non-hydrogen) atoms. The second-order valence-corrected chi connectivity index (χ2v) is 10.2. The Morgan fingerprint density at radius 1 is 1.18 bits per heavy atom. The summed E-state index contributed by atoms with van der Waals surface area (Å²) in [6.07, 6.45) is 5.68. The van der Waals surface area contributed by atoms with Gasteiger partial charge in [0.25, 0.3) is 0 Å². The fourth-order valence-electron chi connectivity index (χ4n) is 3.83. The maximum atomic E-state index is 6.03. The number of ether oxygens (including phenoxy) is 1. The van der Waals surface area contributed by atoms with Gasteiger partial charge >= 0.3 is 139 Å². The first-order valence-electron chi connectivity index (χ1n) is 8.71. The third kappa shape index (κ3) is 4.38. The SMILES string of the molecule is Cc1ccc(OCC2CC(C)N(C3CCC[I-]CC3)C2)cc1. The van der Waals surface area contributed by atoms with E-state index in [0.29, 0.717) is 27.1 Å². The van der Waals surface area contributed by atoms with Crippen molar-refractivity contribution in [2.75, 3.05) is 22.0 Å². The van der Waals surface area contributed by atoms with E-state index in [4.69, 9.17) is 4.74 Å². The molecule has 0 saturated carbocycles. The number of hydrogen-bond donors (Lipinski definition) is 0. The number of alkyl halides is 2. The number of halogens is 1. The van der Waals surface area contributed by atoms with Crippen LogP contribution in [0.4, 0.5) is 0 Å². The van der Waals surface area contributed by atoms with Crippen molar-refractivity contribution in [2.24, 2.45) is 5.92 Å². The minimum absolute atomic E-state index is 0.526. The van der Waals surface area contributed by atoms with Gasteiger partial charge in [-0.2, -0.15) is 0 Å². The molecule has 0 spiro atoms. The molecule has 3 heteroatoms. The predicted octanol–water partition coefficient (Wildman–Crippen LogP) is 0.726. The minimum atomic E-state index is 0.526. The predicted molar refractivity (Wildman–Crippen MR) is 88.3 cm³/mol.